The van der Waals surface area contributed by atoms with Gasteiger partial charge in [0.1, 0.15) is 5.82 Å². The van der Waals surface area contributed by atoms with Gasteiger partial charge in [0.25, 0.3) is 5.91 Å². The minimum absolute atomic E-state index is 0.318. The van der Waals surface area contributed by atoms with Gasteiger partial charge in [0.15, 0.2) is 11.0 Å². The number of halogens is 4. The van der Waals surface area contributed by atoms with Gasteiger partial charge in [-0.25, -0.2) is 4.39 Å². The van der Waals surface area contributed by atoms with Crippen LogP contribution in [0, 0.1) is 5.82 Å². The molecule has 158 valence electrons. The van der Waals surface area contributed by atoms with Crippen molar-refractivity contribution in [2.45, 2.75) is 30.1 Å². The molecule has 1 aromatic heterocycles. The molecule has 0 aliphatic rings. The van der Waals surface area contributed by atoms with Crippen molar-refractivity contribution < 1.29 is 22.4 Å². The molecule has 1 amide bonds. The van der Waals surface area contributed by atoms with E-state index in [-0.39, 0.29) is 5.82 Å². The highest BCUT2D eigenvalue weighted by Gasteiger charge is 2.35. The number of amides is 1. The van der Waals surface area contributed by atoms with Gasteiger partial charge in [-0.1, -0.05) is 36.0 Å². The van der Waals surface area contributed by atoms with Gasteiger partial charge in [-0.05, 0) is 36.8 Å². The Hall–Kier alpha value is -2.88. The summed E-state index contributed by atoms with van der Waals surface area (Å²) in [6, 6.07) is 10.0. The normalized spacial score (nSPS) is 12.6. The zero-order chi connectivity index (χ0) is 21.9. The van der Waals surface area contributed by atoms with E-state index in [4.69, 9.17) is 0 Å². The number of hydrogen-bond acceptors (Lipinski definition) is 4. The Morgan fingerprint density at radius 2 is 1.80 bits per heavy atom. The van der Waals surface area contributed by atoms with Crippen LogP contribution in [0.3, 0.4) is 0 Å². The summed E-state index contributed by atoms with van der Waals surface area (Å²) >= 11 is 1.37. The second-order valence-corrected chi connectivity index (χ2v) is 7.50. The Balaban J connectivity index is 1.70. The summed E-state index contributed by atoms with van der Waals surface area (Å²) in [5.74, 6) is -0.235. The highest BCUT2D eigenvalue weighted by molar-refractivity contribution is 7.98. The van der Waals surface area contributed by atoms with Crippen molar-refractivity contribution in [1.82, 2.24) is 20.1 Å². The number of aromatic nitrogens is 3. The summed E-state index contributed by atoms with van der Waals surface area (Å²) in [6.07, 6.45) is -4.63. The molecule has 0 spiro atoms. The van der Waals surface area contributed by atoms with Crippen LogP contribution in [0.4, 0.5) is 17.6 Å². The summed E-state index contributed by atoms with van der Waals surface area (Å²) in [5.41, 5.74) is -0.552. The fraction of sp³-hybridized carbons (Fsp3) is 0.250. The Bertz CT molecular complexity index is 1030. The highest BCUT2D eigenvalue weighted by atomic mass is 32.2. The van der Waals surface area contributed by atoms with Crippen LogP contribution >= 0.6 is 11.8 Å². The van der Waals surface area contributed by atoms with Gasteiger partial charge in [-0.2, -0.15) is 13.2 Å². The molecule has 2 aromatic carbocycles. The Morgan fingerprint density at radius 1 is 1.13 bits per heavy atom. The van der Waals surface area contributed by atoms with Gasteiger partial charge in [0.05, 0.1) is 17.2 Å². The molecule has 0 aliphatic heterocycles. The van der Waals surface area contributed by atoms with Gasteiger partial charge in [-0.15, -0.1) is 10.2 Å². The van der Waals surface area contributed by atoms with E-state index >= 15 is 0 Å². The monoisotopic (exact) mass is 438 g/mol. The first-order chi connectivity index (χ1) is 14.2. The van der Waals surface area contributed by atoms with Crippen LogP contribution in [0.5, 0.6) is 0 Å². The minimum atomic E-state index is -4.63. The number of benzene rings is 2. The fourth-order valence-corrected chi connectivity index (χ4v) is 3.70. The van der Waals surface area contributed by atoms with E-state index < -0.39 is 29.3 Å². The summed E-state index contributed by atoms with van der Waals surface area (Å²) in [5, 5.41) is 11.2. The van der Waals surface area contributed by atoms with Crippen molar-refractivity contribution in [2.75, 3.05) is 0 Å². The van der Waals surface area contributed by atoms with Gasteiger partial charge >= 0.3 is 6.18 Å². The highest BCUT2D eigenvalue weighted by Crippen LogP contribution is 2.32. The van der Waals surface area contributed by atoms with Gasteiger partial charge < -0.3 is 9.88 Å². The van der Waals surface area contributed by atoms with E-state index in [9.17, 15) is 22.4 Å². The molecular formula is C20H18F4N4OS. The average molecular weight is 438 g/mol. The first-order valence-electron chi connectivity index (χ1n) is 8.90. The van der Waals surface area contributed by atoms with Crippen LogP contribution in [0.2, 0.25) is 0 Å². The van der Waals surface area contributed by atoms with Crippen molar-refractivity contribution in [2.24, 2.45) is 7.05 Å². The zero-order valence-corrected chi connectivity index (χ0v) is 16.9. The van der Waals surface area contributed by atoms with Crippen molar-refractivity contribution in [1.29, 1.82) is 0 Å². The second-order valence-electron chi connectivity index (χ2n) is 6.55. The topological polar surface area (TPSA) is 59.8 Å². The number of nitrogens with one attached hydrogen (secondary N) is 1. The molecule has 5 nitrogen and oxygen atoms in total. The standard InChI is InChI=1S/C20H18F4N4OS/c1-12(25-18(29)15-5-3-4-6-16(15)20(22,23)24)17-26-27-19(28(17)2)30-11-13-7-9-14(21)10-8-13/h3-10,12H,11H2,1-2H3,(H,25,29). The van der Waals surface area contributed by atoms with Gasteiger partial charge in [0.2, 0.25) is 0 Å². The number of thioether (sulfide) groups is 1. The van der Waals surface area contributed by atoms with Crippen LogP contribution < -0.4 is 5.32 Å². The predicted octanol–water partition coefficient (Wildman–Crippen LogP) is 4.76. The summed E-state index contributed by atoms with van der Waals surface area (Å²) in [6.45, 7) is 1.62. The van der Waals surface area contributed by atoms with E-state index in [1.165, 1.54) is 36.0 Å². The Kier molecular flexibility index (Phi) is 6.45. The lowest BCUT2D eigenvalue weighted by atomic mass is 10.1. The fourth-order valence-electron chi connectivity index (χ4n) is 2.82. The van der Waals surface area contributed by atoms with E-state index in [0.717, 1.165) is 17.7 Å². The van der Waals surface area contributed by atoms with E-state index in [0.29, 0.717) is 16.7 Å². The van der Waals surface area contributed by atoms with E-state index in [1.54, 1.807) is 30.7 Å². The number of hydrogen-bond donors (Lipinski definition) is 1. The molecule has 0 saturated carbocycles. The maximum Gasteiger partial charge on any atom is 0.417 e. The molecule has 10 heteroatoms. The molecule has 0 saturated heterocycles. The third-order valence-corrected chi connectivity index (χ3v) is 5.45. The maximum absolute atomic E-state index is 13.2. The molecule has 1 atom stereocenters. The number of carbonyl (C=O) groups excluding carboxylic acids is 1. The molecule has 0 aliphatic carbocycles. The summed E-state index contributed by atoms with van der Waals surface area (Å²) < 4.78 is 54.1. The number of carbonyl (C=O) groups is 1. The third-order valence-electron chi connectivity index (χ3n) is 4.36. The quantitative estimate of drug-likeness (QED) is 0.446. The van der Waals surface area contributed by atoms with Crippen LogP contribution in [-0.2, 0) is 19.0 Å². The van der Waals surface area contributed by atoms with Crippen molar-refractivity contribution in [3.05, 3.63) is 76.9 Å². The lowest BCUT2D eigenvalue weighted by Crippen LogP contribution is -2.30. The van der Waals surface area contributed by atoms with E-state index in [2.05, 4.69) is 15.5 Å². The number of alkyl halides is 3. The van der Waals surface area contributed by atoms with Crippen molar-refractivity contribution in [3.8, 4) is 0 Å². The first kappa shape index (κ1) is 21.8. The number of nitrogens with zero attached hydrogens (tertiary/aromatic N) is 3. The summed E-state index contributed by atoms with van der Waals surface area (Å²) in [7, 11) is 1.70. The van der Waals surface area contributed by atoms with Crippen LogP contribution in [0.25, 0.3) is 0 Å². The molecule has 0 radical (unpaired) electrons. The zero-order valence-electron chi connectivity index (χ0n) is 16.1. The predicted molar refractivity (Wildman–Crippen MR) is 104 cm³/mol. The SMILES string of the molecule is CC(NC(=O)c1ccccc1C(F)(F)F)c1nnc(SCc2ccc(F)cc2)n1C. The Labute approximate surface area is 174 Å². The van der Waals surface area contributed by atoms with Crippen LogP contribution in [0.15, 0.2) is 53.7 Å². The van der Waals surface area contributed by atoms with Gasteiger partial charge in [0, 0.05) is 12.8 Å². The molecule has 1 N–H and O–H groups in total. The van der Waals surface area contributed by atoms with Gasteiger partial charge in [-0.3, -0.25) is 4.79 Å². The lowest BCUT2D eigenvalue weighted by molar-refractivity contribution is -0.137. The van der Waals surface area contributed by atoms with Crippen molar-refractivity contribution >= 4 is 17.7 Å². The Morgan fingerprint density at radius 3 is 2.47 bits per heavy atom. The molecule has 0 bridgehead atoms. The van der Waals surface area contributed by atoms with Crippen LogP contribution in [0.1, 0.15) is 40.3 Å². The molecule has 3 aromatic rings. The lowest BCUT2D eigenvalue weighted by Gasteiger charge is -2.16. The number of rotatable bonds is 6. The van der Waals surface area contributed by atoms with Crippen LogP contribution in [-0.4, -0.2) is 20.7 Å². The maximum atomic E-state index is 13.2. The minimum Gasteiger partial charge on any atom is -0.342 e. The molecule has 1 heterocycles. The molecule has 30 heavy (non-hydrogen) atoms. The molecular weight excluding hydrogens is 420 g/mol. The average Bonchev–Trinajstić information content (AvgIpc) is 3.07. The third kappa shape index (κ3) is 4.99. The largest absolute Gasteiger partial charge is 0.417 e. The second kappa shape index (κ2) is 8.86. The summed E-state index contributed by atoms with van der Waals surface area (Å²) in [4.78, 5) is 12.4. The molecule has 0 fully saturated rings. The first-order valence-corrected chi connectivity index (χ1v) is 9.89. The molecule has 3 rings (SSSR count). The molecule has 1 unspecified atom stereocenters. The smallest absolute Gasteiger partial charge is 0.342 e. The van der Waals surface area contributed by atoms with E-state index in [1.807, 2.05) is 0 Å². The van der Waals surface area contributed by atoms with Crippen molar-refractivity contribution in [3.63, 3.8) is 0 Å².